The maximum Gasteiger partial charge on any atom is 0.272 e. The number of aryl methyl sites for hydroxylation is 1. The molecule has 0 atom stereocenters. The van der Waals surface area contributed by atoms with Crippen LogP contribution in [0.4, 0.5) is 5.13 Å². The number of amides is 1. The third kappa shape index (κ3) is 5.14. The minimum Gasteiger partial charge on any atom is -0.296 e. The molecule has 1 saturated heterocycles. The molecule has 1 aliphatic heterocycles. The van der Waals surface area contributed by atoms with Gasteiger partial charge in [-0.3, -0.25) is 10.1 Å². The van der Waals surface area contributed by atoms with E-state index in [0.717, 1.165) is 16.9 Å². The number of nitrogens with one attached hydrogen (secondary N) is 1. The lowest BCUT2D eigenvalue weighted by atomic mass is 10.2. The Kier molecular flexibility index (Phi) is 7.03. The van der Waals surface area contributed by atoms with Crippen LogP contribution in [-0.2, 0) is 20.0 Å². The molecular weight excluding hydrogens is 522 g/mol. The van der Waals surface area contributed by atoms with Gasteiger partial charge in [-0.25, -0.2) is 16.8 Å². The normalized spacial score (nSPS) is 15.8. The molecule has 0 saturated carbocycles. The summed E-state index contributed by atoms with van der Waals surface area (Å²) >= 11 is 6.54. The van der Waals surface area contributed by atoms with Gasteiger partial charge >= 0.3 is 0 Å². The standard InChI is InChI=1S/C20H20ClN5O5S3/c1-14-2-8-17(9-3-14)33(28,29)25-10-12-26(13-11-25)34(30,31)20-24-23-19(32-20)22-18(27)15-4-6-16(21)7-5-15/h2-9H,10-13H2,1H3,(H,22,23,27). The Labute approximate surface area is 206 Å². The zero-order chi connectivity index (χ0) is 24.5. The van der Waals surface area contributed by atoms with Gasteiger partial charge in [-0.05, 0) is 43.3 Å². The number of piperazine rings is 1. The number of aromatic nitrogens is 2. The van der Waals surface area contributed by atoms with Crippen molar-refractivity contribution in [1.82, 2.24) is 18.8 Å². The van der Waals surface area contributed by atoms with Gasteiger partial charge < -0.3 is 0 Å². The van der Waals surface area contributed by atoms with Gasteiger partial charge in [-0.2, -0.15) is 8.61 Å². The number of carbonyl (C=O) groups is 1. The maximum atomic E-state index is 13.0. The Morgan fingerprint density at radius 2 is 1.44 bits per heavy atom. The number of anilines is 1. The van der Waals surface area contributed by atoms with Crippen LogP contribution in [0.3, 0.4) is 0 Å². The summed E-state index contributed by atoms with van der Waals surface area (Å²) in [6, 6.07) is 12.7. The van der Waals surface area contributed by atoms with E-state index in [1.165, 1.54) is 32.9 Å². The Hall–Kier alpha value is -2.42. The minimum absolute atomic E-state index is 0.00834. The second-order valence-electron chi connectivity index (χ2n) is 7.46. The first kappa shape index (κ1) is 24.7. The fourth-order valence-corrected chi connectivity index (χ4v) is 7.26. The number of carbonyl (C=O) groups excluding carboxylic acids is 1. The van der Waals surface area contributed by atoms with Crippen LogP contribution < -0.4 is 5.32 Å². The quantitative estimate of drug-likeness (QED) is 0.474. The molecule has 0 aliphatic carbocycles. The van der Waals surface area contributed by atoms with Crippen LogP contribution in [-0.4, -0.2) is 67.7 Å². The Morgan fingerprint density at radius 3 is 2.03 bits per heavy atom. The SMILES string of the molecule is Cc1ccc(S(=O)(=O)N2CCN(S(=O)(=O)c3nnc(NC(=O)c4ccc(Cl)cc4)s3)CC2)cc1. The van der Waals surface area contributed by atoms with Crippen LogP contribution in [0.5, 0.6) is 0 Å². The molecule has 0 spiro atoms. The van der Waals surface area contributed by atoms with Crippen molar-refractivity contribution >= 4 is 54.0 Å². The van der Waals surface area contributed by atoms with Crippen LogP contribution in [0.1, 0.15) is 15.9 Å². The van der Waals surface area contributed by atoms with Crippen LogP contribution in [0.25, 0.3) is 0 Å². The van der Waals surface area contributed by atoms with Crippen LogP contribution >= 0.6 is 22.9 Å². The Balaban J connectivity index is 1.42. The number of sulfonamides is 2. The second kappa shape index (κ2) is 9.68. The topological polar surface area (TPSA) is 130 Å². The van der Waals surface area contributed by atoms with Gasteiger partial charge in [0.15, 0.2) is 0 Å². The number of rotatable bonds is 6. The smallest absolute Gasteiger partial charge is 0.272 e. The van der Waals surface area contributed by atoms with Gasteiger partial charge in [0.25, 0.3) is 15.9 Å². The summed E-state index contributed by atoms with van der Waals surface area (Å²) in [5.74, 6) is -0.480. The lowest BCUT2D eigenvalue weighted by Gasteiger charge is -2.32. The van der Waals surface area contributed by atoms with Gasteiger partial charge in [0.1, 0.15) is 0 Å². The lowest BCUT2D eigenvalue weighted by molar-refractivity contribution is 0.102. The molecule has 0 radical (unpaired) electrons. The van der Waals surface area contributed by atoms with Crippen molar-refractivity contribution in [1.29, 1.82) is 0 Å². The fourth-order valence-electron chi connectivity index (χ4n) is 3.26. The number of benzene rings is 2. The highest BCUT2D eigenvalue weighted by atomic mass is 35.5. The van der Waals surface area contributed by atoms with E-state index in [4.69, 9.17) is 11.6 Å². The molecule has 180 valence electrons. The fraction of sp³-hybridized carbons (Fsp3) is 0.250. The number of hydrogen-bond donors (Lipinski definition) is 1. The molecule has 3 aromatic rings. The number of nitrogens with zero attached hydrogens (tertiary/aromatic N) is 4. The van der Waals surface area contributed by atoms with E-state index in [1.54, 1.807) is 24.3 Å². The second-order valence-corrected chi connectivity index (χ2v) is 12.9. The molecule has 2 aromatic carbocycles. The molecule has 10 nitrogen and oxygen atoms in total. The van der Waals surface area contributed by atoms with E-state index in [2.05, 4.69) is 15.5 Å². The molecule has 1 aliphatic rings. The molecule has 1 N–H and O–H groups in total. The molecule has 14 heteroatoms. The summed E-state index contributed by atoms with van der Waals surface area (Å²) < 4.78 is 53.9. The molecule has 4 rings (SSSR count). The van der Waals surface area contributed by atoms with Gasteiger partial charge in [-0.1, -0.05) is 40.6 Å². The van der Waals surface area contributed by atoms with Crippen molar-refractivity contribution < 1.29 is 21.6 Å². The number of halogens is 1. The Bertz CT molecular complexity index is 1400. The Morgan fingerprint density at radius 1 is 0.882 bits per heavy atom. The molecule has 1 fully saturated rings. The average Bonchev–Trinajstić information content (AvgIpc) is 3.29. The molecule has 0 bridgehead atoms. The van der Waals surface area contributed by atoms with Crippen molar-refractivity contribution in [2.45, 2.75) is 16.2 Å². The maximum absolute atomic E-state index is 13.0. The summed E-state index contributed by atoms with van der Waals surface area (Å²) in [6.45, 7) is 1.82. The van der Waals surface area contributed by atoms with Gasteiger partial charge in [0, 0.05) is 36.8 Å². The van der Waals surface area contributed by atoms with Crippen LogP contribution in [0, 0.1) is 6.92 Å². The molecular formula is C20H20ClN5O5S3. The summed E-state index contributed by atoms with van der Waals surface area (Å²) in [4.78, 5) is 12.5. The highest BCUT2D eigenvalue weighted by Gasteiger charge is 2.35. The van der Waals surface area contributed by atoms with Gasteiger partial charge in [-0.15, -0.1) is 10.2 Å². The summed E-state index contributed by atoms with van der Waals surface area (Å²) in [5.41, 5.74) is 1.27. The zero-order valence-electron chi connectivity index (χ0n) is 17.9. The molecule has 0 unspecified atom stereocenters. The van der Waals surface area contributed by atoms with Crippen molar-refractivity contribution in [2.24, 2.45) is 0 Å². The summed E-state index contributed by atoms with van der Waals surface area (Å²) in [6.07, 6.45) is 0. The third-order valence-corrected chi connectivity index (χ3v) is 10.4. The first-order chi connectivity index (χ1) is 16.1. The van der Waals surface area contributed by atoms with E-state index in [1.807, 2.05) is 6.92 Å². The van der Waals surface area contributed by atoms with Gasteiger partial charge in [0.2, 0.25) is 19.5 Å². The van der Waals surface area contributed by atoms with E-state index >= 15 is 0 Å². The first-order valence-corrected chi connectivity index (χ1v) is 14.1. The molecule has 1 amide bonds. The van der Waals surface area contributed by atoms with Crippen molar-refractivity contribution in [3.05, 3.63) is 64.7 Å². The lowest BCUT2D eigenvalue weighted by Crippen LogP contribution is -2.50. The highest BCUT2D eigenvalue weighted by molar-refractivity contribution is 7.91. The van der Waals surface area contributed by atoms with E-state index in [9.17, 15) is 21.6 Å². The molecule has 34 heavy (non-hydrogen) atoms. The predicted molar refractivity (Wildman–Crippen MR) is 128 cm³/mol. The summed E-state index contributed by atoms with van der Waals surface area (Å²) in [7, 11) is -7.72. The largest absolute Gasteiger partial charge is 0.296 e. The number of hydrogen-bond acceptors (Lipinski definition) is 8. The van der Waals surface area contributed by atoms with Crippen molar-refractivity contribution in [3.63, 3.8) is 0 Å². The van der Waals surface area contributed by atoms with Crippen LogP contribution in [0.15, 0.2) is 57.8 Å². The van der Waals surface area contributed by atoms with E-state index in [-0.39, 0.29) is 40.5 Å². The van der Waals surface area contributed by atoms with E-state index < -0.39 is 26.0 Å². The van der Waals surface area contributed by atoms with E-state index in [0.29, 0.717) is 10.6 Å². The third-order valence-electron chi connectivity index (χ3n) is 5.15. The monoisotopic (exact) mass is 541 g/mol. The zero-order valence-corrected chi connectivity index (χ0v) is 21.1. The van der Waals surface area contributed by atoms with Crippen molar-refractivity contribution in [3.8, 4) is 0 Å². The van der Waals surface area contributed by atoms with Crippen molar-refractivity contribution in [2.75, 3.05) is 31.5 Å². The highest BCUT2D eigenvalue weighted by Crippen LogP contribution is 2.26. The minimum atomic E-state index is -4.00. The first-order valence-electron chi connectivity index (χ1n) is 10.0. The molecule has 2 heterocycles. The van der Waals surface area contributed by atoms with Crippen LogP contribution in [0.2, 0.25) is 5.02 Å². The molecule has 1 aromatic heterocycles. The summed E-state index contributed by atoms with van der Waals surface area (Å²) in [5, 5.41) is 10.5. The predicted octanol–water partition coefficient (Wildman–Crippen LogP) is 2.45. The van der Waals surface area contributed by atoms with Gasteiger partial charge in [0.05, 0.1) is 4.90 Å². The average molecular weight is 542 g/mol.